The molecule has 0 aliphatic carbocycles. The molecule has 0 spiro atoms. The van der Waals surface area contributed by atoms with Crippen molar-refractivity contribution in [2.45, 2.75) is 25.9 Å². The Hall–Kier alpha value is -2.75. The van der Waals surface area contributed by atoms with Crippen LogP contribution in [0.1, 0.15) is 18.1 Å². The van der Waals surface area contributed by atoms with E-state index in [1.54, 1.807) is 11.9 Å². The van der Waals surface area contributed by atoms with Gasteiger partial charge in [0, 0.05) is 19.3 Å². The number of amides is 1. The highest BCUT2D eigenvalue weighted by atomic mass is 32.2. The largest absolute Gasteiger partial charge is 0.312 e. The standard InChI is InChI=1S/C24H24N4O2S3/c1-5-27(17-11-8-9-15(2)13-17)19(29)14-32-23-25-21-20(22(30)26(23)4)33-24(31)28(21)18-12-7-6-10-16(18)3/h6-13H,5,14H2,1-4H3. The SMILES string of the molecule is CCN(C(=O)CSc1nc2c(sc(=S)n2-c2ccccc2C)c(=O)n1C)c1cccc(C)c1. The third kappa shape index (κ3) is 4.53. The number of thioether (sulfide) groups is 1. The molecular formula is C24H24N4O2S3. The van der Waals surface area contributed by atoms with E-state index in [2.05, 4.69) is 0 Å². The highest BCUT2D eigenvalue weighted by Gasteiger charge is 2.19. The molecule has 0 bridgehead atoms. The van der Waals surface area contributed by atoms with E-state index in [1.807, 2.05) is 73.9 Å². The number of nitrogens with zero attached hydrogens (tertiary/aromatic N) is 4. The minimum Gasteiger partial charge on any atom is -0.312 e. The van der Waals surface area contributed by atoms with Crippen molar-refractivity contribution in [3.8, 4) is 5.69 Å². The van der Waals surface area contributed by atoms with E-state index in [1.165, 1.54) is 27.7 Å². The molecule has 0 saturated carbocycles. The van der Waals surface area contributed by atoms with Gasteiger partial charge in [-0.1, -0.05) is 53.4 Å². The highest BCUT2D eigenvalue weighted by molar-refractivity contribution is 7.99. The first-order chi connectivity index (χ1) is 15.8. The molecule has 0 aliphatic rings. The van der Waals surface area contributed by atoms with Crippen LogP contribution in [0.3, 0.4) is 0 Å². The van der Waals surface area contributed by atoms with Gasteiger partial charge in [0.1, 0.15) is 4.70 Å². The summed E-state index contributed by atoms with van der Waals surface area (Å²) in [5.74, 6) is 0.131. The summed E-state index contributed by atoms with van der Waals surface area (Å²) < 4.78 is 4.43. The zero-order valence-corrected chi connectivity index (χ0v) is 21.3. The van der Waals surface area contributed by atoms with Crippen LogP contribution in [0.5, 0.6) is 0 Å². The third-order valence-corrected chi connectivity index (χ3v) is 7.75. The van der Waals surface area contributed by atoms with Crippen molar-refractivity contribution in [2.75, 3.05) is 17.2 Å². The van der Waals surface area contributed by atoms with Gasteiger partial charge in [0.25, 0.3) is 5.56 Å². The number of rotatable bonds is 6. The lowest BCUT2D eigenvalue weighted by atomic mass is 10.2. The summed E-state index contributed by atoms with van der Waals surface area (Å²) in [6.45, 7) is 6.52. The van der Waals surface area contributed by atoms with E-state index in [0.717, 1.165) is 22.5 Å². The molecule has 4 aromatic rings. The van der Waals surface area contributed by atoms with Crippen LogP contribution in [0, 0.1) is 17.8 Å². The van der Waals surface area contributed by atoms with Gasteiger partial charge < -0.3 is 4.90 Å². The number of hydrogen-bond donors (Lipinski definition) is 0. The Morgan fingerprint density at radius 3 is 2.64 bits per heavy atom. The molecule has 0 aliphatic heterocycles. The molecule has 170 valence electrons. The Balaban J connectivity index is 1.70. The zero-order valence-electron chi connectivity index (χ0n) is 18.9. The number of anilines is 1. The highest BCUT2D eigenvalue weighted by Crippen LogP contribution is 2.27. The van der Waals surface area contributed by atoms with Gasteiger partial charge in [-0.3, -0.25) is 18.7 Å². The summed E-state index contributed by atoms with van der Waals surface area (Å²) in [6, 6.07) is 15.7. The maximum absolute atomic E-state index is 13.1. The quantitative estimate of drug-likeness (QED) is 0.207. The monoisotopic (exact) mass is 496 g/mol. The van der Waals surface area contributed by atoms with Gasteiger partial charge in [-0.2, -0.15) is 0 Å². The summed E-state index contributed by atoms with van der Waals surface area (Å²) in [5, 5.41) is 0.483. The van der Waals surface area contributed by atoms with Crippen molar-refractivity contribution >= 4 is 57.3 Å². The molecule has 2 aromatic carbocycles. The van der Waals surface area contributed by atoms with Crippen LogP contribution >= 0.6 is 35.3 Å². The third-order valence-electron chi connectivity index (χ3n) is 5.39. The molecule has 0 fully saturated rings. The number of para-hydroxylation sites is 1. The Kier molecular flexibility index (Phi) is 6.83. The summed E-state index contributed by atoms with van der Waals surface area (Å²) in [4.78, 5) is 32.6. The first-order valence-corrected chi connectivity index (χ1v) is 12.7. The number of aromatic nitrogens is 3. The van der Waals surface area contributed by atoms with E-state index in [9.17, 15) is 9.59 Å². The molecule has 0 atom stereocenters. The van der Waals surface area contributed by atoms with Crippen molar-refractivity contribution < 1.29 is 4.79 Å². The Morgan fingerprint density at radius 1 is 1.18 bits per heavy atom. The molecule has 0 radical (unpaired) electrons. The molecule has 2 aromatic heterocycles. The van der Waals surface area contributed by atoms with Crippen LogP contribution in [0.25, 0.3) is 16.0 Å². The minimum atomic E-state index is -0.163. The number of carbonyl (C=O) groups excluding carboxylic acids is 1. The van der Waals surface area contributed by atoms with E-state index in [4.69, 9.17) is 17.2 Å². The summed E-state index contributed by atoms with van der Waals surface area (Å²) in [6.07, 6.45) is 0. The number of carbonyl (C=O) groups is 1. The first-order valence-electron chi connectivity index (χ1n) is 10.5. The molecule has 0 N–H and O–H groups in total. The second-order valence-electron chi connectivity index (χ2n) is 7.67. The van der Waals surface area contributed by atoms with Crippen molar-refractivity contribution in [1.29, 1.82) is 0 Å². The first kappa shape index (κ1) is 23.4. The molecule has 33 heavy (non-hydrogen) atoms. The van der Waals surface area contributed by atoms with Gasteiger partial charge in [-0.15, -0.1) is 0 Å². The van der Waals surface area contributed by atoms with E-state index >= 15 is 0 Å². The molecule has 1 amide bonds. The number of fused-ring (bicyclic) bond motifs is 1. The maximum Gasteiger partial charge on any atom is 0.273 e. The van der Waals surface area contributed by atoms with Crippen molar-refractivity contribution in [2.24, 2.45) is 7.05 Å². The van der Waals surface area contributed by atoms with Crippen molar-refractivity contribution in [3.05, 3.63) is 74.0 Å². The van der Waals surface area contributed by atoms with Gasteiger partial charge in [-0.25, -0.2) is 4.98 Å². The Morgan fingerprint density at radius 2 is 1.94 bits per heavy atom. The number of thiazole rings is 1. The smallest absolute Gasteiger partial charge is 0.273 e. The molecular weight excluding hydrogens is 472 g/mol. The average molecular weight is 497 g/mol. The minimum absolute atomic E-state index is 0.0384. The van der Waals surface area contributed by atoms with E-state index < -0.39 is 0 Å². The van der Waals surface area contributed by atoms with Crippen molar-refractivity contribution in [1.82, 2.24) is 14.1 Å². The predicted octanol–water partition coefficient (Wildman–Crippen LogP) is 5.28. The number of hydrogen-bond acceptors (Lipinski definition) is 6. The molecule has 0 unspecified atom stereocenters. The lowest BCUT2D eigenvalue weighted by molar-refractivity contribution is -0.116. The van der Waals surface area contributed by atoms with Gasteiger partial charge in [0.15, 0.2) is 14.8 Å². The van der Waals surface area contributed by atoms with Crippen LogP contribution in [0.15, 0.2) is 58.5 Å². The number of benzene rings is 2. The molecule has 9 heteroatoms. The average Bonchev–Trinajstić information content (AvgIpc) is 3.12. The predicted molar refractivity (Wildman–Crippen MR) is 140 cm³/mol. The summed E-state index contributed by atoms with van der Waals surface area (Å²) >= 11 is 8.11. The van der Waals surface area contributed by atoms with Gasteiger partial charge in [-0.05, 0) is 62.3 Å². The number of aryl methyl sites for hydroxylation is 2. The lowest BCUT2D eigenvalue weighted by Gasteiger charge is -2.21. The zero-order chi connectivity index (χ0) is 23.7. The van der Waals surface area contributed by atoms with Crippen molar-refractivity contribution in [3.63, 3.8) is 0 Å². The van der Waals surface area contributed by atoms with E-state index in [0.29, 0.717) is 26.0 Å². The second kappa shape index (κ2) is 9.62. The van der Waals surface area contributed by atoms with Crippen LogP contribution in [0.2, 0.25) is 0 Å². The van der Waals surface area contributed by atoms with Gasteiger partial charge in [0.2, 0.25) is 5.91 Å². The van der Waals surface area contributed by atoms with Crippen LogP contribution in [-0.4, -0.2) is 32.3 Å². The normalized spacial score (nSPS) is 11.2. The second-order valence-corrected chi connectivity index (χ2v) is 10.3. The molecule has 2 heterocycles. The lowest BCUT2D eigenvalue weighted by Crippen LogP contribution is -2.32. The Bertz CT molecular complexity index is 1470. The maximum atomic E-state index is 13.1. The van der Waals surface area contributed by atoms with Gasteiger partial charge in [0.05, 0.1) is 11.4 Å². The fraction of sp³-hybridized carbons (Fsp3) is 0.250. The fourth-order valence-corrected chi connectivity index (χ4v) is 5.84. The van der Waals surface area contributed by atoms with Crippen LogP contribution in [-0.2, 0) is 11.8 Å². The fourth-order valence-electron chi connectivity index (χ4n) is 3.67. The van der Waals surface area contributed by atoms with E-state index in [-0.39, 0.29) is 17.2 Å². The summed E-state index contributed by atoms with van der Waals surface area (Å²) in [7, 11) is 1.68. The summed E-state index contributed by atoms with van der Waals surface area (Å²) in [5.41, 5.74) is 4.27. The van der Waals surface area contributed by atoms with Gasteiger partial charge >= 0.3 is 0 Å². The molecule has 6 nitrogen and oxygen atoms in total. The Labute approximate surface area is 205 Å². The molecule has 0 saturated heterocycles. The molecule has 4 rings (SSSR count). The van der Waals surface area contributed by atoms with Crippen LogP contribution < -0.4 is 10.5 Å². The van der Waals surface area contributed by atoms with Crippen LogP contribution in [0.4, 0.5) is 5.69 Å². The topological polar surface area (TPSA) is 60.1 Å².